The lowest BCUT2D eigenvalue weighted by Crippen LogP contribution is -1.88. The number of rotatable bonds is 2. The molecule has 0 bridgehead atoms. The average molecular weight is 301 g/mol. The van der Waals surface area contributed by atoms with E-state index in [0.717, 1.165) is 27.6 Å². The summed E-state index contributed by atoms with van der Waals surface area (Å²) in [4.78, 5) is 4.57. The Bertz CT molecular complexity index is 994. The van der Waals surface area contributed by atoms with Crippen molar-refractivity contribution in [1.29, 1.82) is 0 Å². The van der Waals surface area contributed by atoms with Crippen molar-refractivity contribution in [2.24, 2.45) is 0 Å². The summed E-state index contributed by atoms with van der Waals surface area (Å²) in [6.07, 6.45) is 1.88. The van der Waals surface area contributed by atoms with Gasteiger partial charge in [0, 0.05) is 22.7 Å². The lowest BCUT2D eigenvalue weighted by atomic mass is 10.0. The van der Waals surface area contributed by atoms with Crippen LogP contribution in [0.1, 0.15) is 30.9 Å². The smallest absolute Gasteiger partial charge is 0.157 e. The van der Waals surface area contributed by atoms with Crippen molar-refractivity contribution >= 4 is 22.1 Å². The van der Waals surface area contributed by atoms with Gasteiger partial charge in [-0.25, -0.2) is 0 Å². The summed E-state index contributed by atoms with van der Waals surface area (Å²) >= 11 is 0. The molecular weight excluding hydrogens is 282 g/mol. The van der Waals surface area contributed by atoms with Crippen LogP contribution in [0, 0.1) is 6.92 Å². The molecule has 2 aromatic heterocycles. The average Bonchev–Trinajstić information content (AvgIpc) is 2.94. The number of hydrogen-bond acceptors (Lipinski definition) is 2. The number of benzene rings is 2. The Morgan fingerprint density at radius 3 is 2.43 bits per heavy atom. The standard InChI is InChI=1S/C21H19NO/c1-13(2)16-11-12-22-19-18-6-4-5-17(20(18)23-21(16)19)15-9-7-14(3)8-10-15/h4-13H,1-3H3. The monoisotopic (exact) mass is 301 g/mol. The van der Waals surface area contributed by atoms with Gasteiger partial charge in [0.1, 0.15) is 11.1 Å². The Balaban J connectivity index is 2.06. The first kappa shape index (κ1) is 14.0. The molecule has 0 atom stereocenters. The minimum atomic E-state index is 0.406. The van der Waals surface area contributed by atoms with Gasteiger partial charge < -0.3 is 4.42 Å². The van der Waals surface area contributed by atoms with E-state index >= 15 is 0 Å². The van der Waals surface area contributed by atoms with E-state index in [1.54, 1.807) is 0 Å². The van der Waals surface area contributed by atoms with E-state index in [9.17, 15) is 0 Å². The molecule has 0 saturated carbocycles. The molecular formula is C21H19NO. The molecule has 0 spiro atoms. The second-order valence-electron chi connectivity index (χ2n) is 6.38. The van der Waals surface area contributed by atoms with E-state index in [2.05, 4.69) is 74.3 Å². The van der Waals surface area contributed by atoms with Gasteiger partial charge in [-0.2, -0.15) is 0 Å². The second kappa shape index (κ2) is 5.24. The fourth-order valence-corrected chi connectivity index (χ4v) is 3.11. The maximum absolute atomic E-state index is 6.30. The van der Waals surface area contributed by atoms with Gasteiger partial charge in [0.05, 0.1) is 0 Å². The fourth-order valence-electron chi connectivity index (χ4n) is 3.11. The Kier molecular flexibility index (Phi) is 3.19. The summed E-state index contributed by atoms with van der Waals surface area (Å²) in [5.41, 5.74) is 7.56. The van der Waals surface area contributed by atoms with Crippen LogP contribution < -0.4 is 0 Å². The lowest BCUT2D eigenvalue weighted by Gasteiger charge is -2.04. The van der Waals surface area contributed by atoms with Crippen LogP contribution >= 0.6 is 0 Å². The summed E-state index contributed by atoms with van der Waals surface area (Å²) in [5.74, 6) is 0.406. The van der Waals surface area contributed by atoms with Crippen LogP contribution in [0.4, 0.5) is 0 Å². The number of aromatic nitrogens is 1. The van der Waals surface area contributed by atoms with Crippen molar-refractivity contribution in [1.82, 2.24) is 4.98 Å². The molecule has 2 nitrogen and oxygen atoms in total. The third-order valence-electron chi connectivity index (χ3n) is 4.39. The van der Waals surface area contributed by atoms with Crippen LogP contribution in [0.2, 0.25) is 0 Å². The van der Waals surface area contributed by atoms with Crippen molar-refractivity contribution in [3.8, 4) is 11.1 Å². The molecule has 0 aliphatic rings. The minimum absolute atomic E-state index is 0.406. The van der Waals surface area contributed by atoms with Gasteiger partial charge in [-0.3, -0.25) is 4.98 Å². The van der Waals surface area contributed by atoms with Gasteiger partial charge in [0.2, 0.25) is 0 Å². The van der Waals surface area contributed by atoms with Crippen LogP contribution in [-0.2, 0) is 0 Å². The van der Waals surface area contributed by atoms with E-state index in [4.69, 9.17) is 4.42 Å². The first-order valence-corrected chi connectivity index (χ1v) is 8.02. The zero-order valence-corrected chi connectivity index (χ0v) is 13.6. The molecule has 0 fully saturated rings. The predicted molar refractivity (Wildman–Crippen MR) is 95.8 cm³/mol. The Hall–Kier alpha value is -2.61. The normalized spacial score (nSPS) is 11.7. The highest BCUT2D eigenvalue weighted by atomic mass is 16.3. The van der Waals surface area contributed by atoms with Gasteiger partial charge in [-0.1, -0.05) is 55.8 Å². The number of nitrogens with zero attached hydrogens (tertiary/aromatic N) is 1. The molecule has 0 radical (unpaired) electrons. The van der Waals surface area contributed by atoms with Crippen LogP contribution in [0.25, 0.3) is 33.2 Å². The molecule has 4 rings (SSSR count). The van der Waals surface area contributed by atoms with E-state index < -0.39 is 0 Å². The highest BCUT2D eigenvalue weighted by molar-refractivity contribution is 6.08. The molecule has 0 N–H and O–H groups in total. The second-order valence-corrected chi connectivity index (χ2v) is 6.38. The number of hydrogen-bond donors (Lipinski definition) is 0. The van der Waals surface area contributed by atoms with Crippen molar-refractivity contribution < 1.29 is 4.42 Å². The summed E-state index contributed by atoms with van der Waals surface area (Å²) in [6.45, 7) is 6.47. The molecule has 4 aromatic rings. The number of fused-ring (bicyclic) bond motifs is 3. The van der Waals surface area contributed by atoms with E-state index in [1.807, 2.05) is 6.20 Å². The van der Waals surface area contributed by atoms with E-state index in [-0.39, 0.29) is 0 Å². The van der Waals surface area contributed by atoms with Gasteiger partial charge in [0.15, 0.2) is 5.58 Å². The largest absolute Gasteiger partial charge is 0.453 e. The van der Waals surface area contributed by atoms with E-state index in [1.165, 1.54) is 16.7 Å². The molecule has 0 saturated heterocycles. The molecule has 2 aromatic carbocycles. The van der Waals surface area contributed by atoms with Crippen molar-refractivity contribution in [2.45, 2.75) is 26.7 Å². The van der Waals surface area contributed by atoms with Crippen LogP contribution in [0.3, 0.4) is 0 Å². The SMILES string of the molecule is Cc1ccc(-c2cccc3c2oc2c(C(C)C)ccnc23)cc1. The van der Waals surface area contributed by atoms with Crippen molar-refractivity contribution in [3.63, 3.8) is 0 Å². The predicted octanol–water partition coefficient (Wildman–Crippen LogP) is 6.08. The van der Waals surface area contributed by atoms with Gasteiger partial charge in [-0.05, 0) is 30.5 Å². The molecule has 2 heterocycles. The zero-order chi connectivity index (χ0) is 16.0. The molecule has 2 heteroatoms. The summed E-state index contributed by atoms with van der Waals surface area (Å²) in [6, 6.07) is 16.9. The quantitative estimate of drug-likeness (QED) is 0.448. The first-order valence-electron chi connectivity index (χ1n) is 8.02. The Labute approximate surface area is 135 Å². The first-order chi connectivity index (χ1) is 11.1. The topological polar surface area (TPSA) is 26.0 Å². The molecule has 0 unspecified atom stereocenters. The number of para-hydroxylation sites is 1. The highest BCUT2D eigenvalue weighted by Crippen LogP contribution is 2.37. The molecule has 0 aliphatic heterocycles. The van der Waals surface area contributed by atoms with Crippen LogP contribution in [0.5, 0.6) is 0 Å². The Morgan fingerprint density at radius 1 is 0.913 bits per heavy atom. The number of furan rings is 1. The van der Waals surface area contributed by atoms with Gasteiger partial charge in [-0.15, -0.1) is 0 Å². The molecule has 0 amide bonds. The maximum Gasteiger partial charge on any atom is 0.157 e. The number of aryl methyl sites for hydroxylation is 1. The summed E-state index contributed by atoms with van der Waals surface area (Å²) < 4.78 is 6.30. The fraction of sp³-hybridized carbons (Fsp3) is 0.190. The van der Waals surface area contributed by atoms with Crippen LogP contribution in [-0.4, -0.2) is 4.98 Å². The maximum atomic E-state index is 6.30. The van der Waals surface area contributed by atoms with Gasteiger partial charge >= 0.3 is 0 Å². The zero-order valence-electron chi connectivity index (χ0n) is 13.6. The molecule has 0 aliphatic carbocycles. The molecule has 114 valence electrons. The third-order valence-corrected chi connectivity index (χ3v) is 4.39. The Morgan fingerprint density at radius 2 is 1.70 bits per heavy atom. The van der Waals surface area contributed by atoms with Crippen molar-refractivity contribution in [2.75, 3.05) is 0 Å². The van der Waals surface area contributed by atoms with Crippen molar-refractivity contribution in [3.05, 3.63) is 65.9 Å². The lowest BCUT2D eigenvalue weighted by molar-refractivity contribution is 0.657. The molecule has 23 heavy (non-hydrogen) atoms. The summed E-state index contributed by atoms with van der Waals surface area (Å²) in [7, 11) is 0. The van der Waals surface area contributed by atoms with Gasteiger partial charge in [0.25, 0.3) is 0 Å². The summed E-state index contributed by atoms with van der Waals surface area (Å²) in [5, 5.41) is 1.08. The number of pyridine rings is 1. The third kappa shape index (κ3) is 2.22. The minimum Gasteiger partial charge on any atom is -0.453 e. The highest BCUT2D eigenvalue weighted by Gasteiger charge is 2.16. The van der Waals surface area contributed by atoms with E-state index in [0.29, 0.717) is 5.92 Å². The van der Waals surface area contributed by atoms with Crippen LogP contribution in [0.15, 0.2) is 59.1 Å².